The van der Waals surface area contributed by atoms with Crippen molar-refractivity contribution in [1.82, 2.24) is 15.5 Å². The number of nitrogens with one attached hydrogen (secondary N) is 2. The Hall–Kier alpha value is -1.29. The van der Waals surface area contributed by atoms with Crippen molar-refractivity contribution < 1.29 is 4.79 Å². The number of ketones is 1. The van der Waals surface area contributed by atoms with Crippen molar-refractivity contribution in [2.45, 2.75) is 33.5 Å². The molecule has 1 atom stereocenters. The number of hydrogen-bond donors (Lipinski definition) is 2. The van der Waals surface area contributed by atoms with Gasteiger partial charge >= 0.3 is 0 Å². The van der Waals surface area contributed by atoms with Gasteiger partial charge in [-0.15, -0.1) is 0 Å². The molecule has 0 aliphatic carbocycles. The van der Waals surface area contributed by atoms with Crippen LogP contribution in [0.4, 0.5) is 0 Å². The van der Waals surface area contributed by atoms with Crippen molar-refractivity contribution in [3.05, 3.63) is 23.7 Å². The van der Waals surface area contributed by atoms with Gasteiger partial charge in [0.2, 0.25) is 0 Å². The lowest BCUT2D eigenvalue weighted by Gasteiger charge is -2.29. The Labute approximate surface area is 96.4 Å². The summed E-state index contributed by atoms with van der Waals surface area (Å²) in [5.41, 5.74) is 1.87. The molecule has 0 aromatic rings. The van der Waals surface area contributed by atoms with Gasteiger partial charge in [0.25, 0.3) is 0 Å². The summed E-state index contributed by atoms with van der Waals surface area (Å²) in [6, 6.07) is 0. The van der Waals surface area contributed by atoms with E-state index in [-0.39, 0.29) is 18.0 Å². The van der Waals surface area contributed by atoms with Crippen LogP contribution in [0.5, 0.6) is 0 Å². The minimum absolute atomic E-state index is 0.0347. The van der Waals surface area contributed by atoms with Crippen LogP contribution in [0, 0.1) is 5.92 Å². The van der Waals surface area contributed by atoms with Gasteiger partial charge in [-0.3, -0.25) is 10.1 Å². The Morgan fingerprint density at radius 2 is 2.38 bits per heavy atom. The Bertz CT molecular complexity index is 357. The zero-order valence-corrected chi connectivity index (χ0v) is 10.1. The number of Topliss-reactive ketones (excluding diaryl/α,β-unsaturated/α-hetero) is 1. The average molecular weight is 221 g/mol. The molecule has 0 fully saturated rings. The van der Waals surface area contributed by atoms with Crippen LogP contribution in [0.25, 0.3) is 0 Å². The zero-order valence-electron chi connectivity index (χ0n) is 10.1. The molecular formula is C12H19N3O. The largest absolute Gasteiger partial charge is 0.354 e. The molecule has 16 heavy (non-hydrogen) atoms. The summed E-state index contributed by atoms with van der Waals surface area (Å²) in [5.74, 6) is 0.243. The first-order chi connectivity index (χ1) is 7.65. The Balaban J connectivity index is 2.32. The van der Waals surface area contributed by atoms with Crippen molar-refractivity contribution >= 4 is 5.78 Å². The number of carbonyl (C=O) groups is 1. The molecule has 0 aromatic carbocycles. The lowest BCUT2D eigenvalue weighted by molar-refractivity contribution is -0.119. The third kappa shape index (κ3) is 1.73. The molecule has 4 nitrogen and oxygen atoms in total. The minimum Gasteiger partial charge on any atom is -0.354 e. The van der Waals surface area contributed by atoms with Crippen molar-refractivity contribution in [3.8, 4) is 0 Å². The maximum atomic E-state index is 12.2. The highest BCUT2D eigenvalue weighted by Crippen LogP contribution is 2.25. The van der Waals surface area contributed by atoms with Gasteiger partial charge in [0.05, 0.1) is 0 Å². The predicted octanol–water partition coefficient (Wildman–Crippen LogP) is 1.14. The molecule has 0 saturated heterocycles. The van der Waals surface area contributed by atoms with Crippen molar-refractivity contribution in [2.75, 3.05) is 6.54 Å². The summed E-state index contributed by atoms with van der Waals surface area (Å²) in [5, 5.41) is 6.65. The lowest BCUT2D eigenvalue weighted by atomic mass is 10.0. The Morgan fingerprint density at radius 1 is 1.62 bits per heavy atom. The molecule has 88 valence electrons. The zero-order chi connectivity index (χ0) is 11.7. The highest BCUT2D eigenvalue weighted by Gasteiger charge is 2.34. The molecule has 0 bridgehead atoms. The molecule has 2 aliphatic heterocycles. The number of rotatable bonds is 3. The third-order valence-electron chi connectivity index (χ3n) is 2.94. The number of carbonyl (C=O) groups excluding carboxylic acids is 1. The van der Waals surface area contributed by atoms with Crippen molar-refractivity contribution in [1.29, 1.82) is 0 Å². The number of fused-ring (bicyclic) bond motifs is 1. The molecule has 2 rings (SSSR count). The van der Waals surface area contributed by atoms with Gasteiger partial charge < -0.3 is 10.2 Å². The van der Waals surface area contributed by atoms with E-state index in [4.69, 9.17) is 0 Å². The van der Waals surface area contributed by atoms with Gasteiger partial charge in [-0.1, -0.05) is 26.8 Å². The fourth-order valence-electron chi connectivity index (χ4n) is 2.06. The quantitative estimate of drug-likeness (QED) is 0.750. The van der Waals surface area contributed by atoms with Gasteiger partial charge in [0, 0.05) is 24.4 Å². The normalized spacial score (nSPS) is 23.8. The molecule has 4 heteroatoms. The molecule has 0 radical (unpaired) electrons. The smallest absolute Gasteiger partial charge is 0.183 e. The van der Waals surface area contributed by atoms with Crippen LogP contribution >= 0.6 is 0 Å². The summed E-state index contributed by atoms with van der Waals surface area (Å²) < 4.78 is 0. The fourth-order valence-corrected chi connectivity index (χ4v) is 2.06. The highest BCUT2D eigenvalue weighted by molar-refractivity contribution is 5.97. The van der Waals surface area contributed by atoms with E-state index in [0.717, 1.165) is 24.4 Å². The summed E-state index contributed by atoms with van der Waals surface area (Å²) in [6.45, 7) is 6.79. The van der Waals surface area contributed by atoms with E-state index in [2.05, 4.69) is 17.6 Å². The van der Waals surface area contributed by atoms with Gasteiger partial charge in [0.1, 0.15) is 5.70 Å². The maximum absolute atomic E-state index is 12.2. The molecule has 2 heterocycles. The van der Waals surface area contributed by atoms with Crippen LogP contribution in [0.15, 0.2) is 23.7 Å². The SMILES string of the molecule is CCC1=C(C(=O)C(C)C)N2C=CCNC2N1. The minimum atomic E-state index is 0.0347. The number of hydrogen-bond acceptors (Lipinski definition) is 4. The van der Waals surface area contributed by atoms with Crippen LogP contribution in [0.1, 0.15) is 27.2 Å². The van der Waals surface area contributed by atoms with Crippen LogP contribution in [-0.4, -0.2) is 23.5 Å². The topological polar surface area (TPSA) is 44.4 Å². The highest BCUT2D eigenvalue weighted by atomic mass is 16.1. The van der Waals surface area contributed by atoms with Gasteiger partial charge in [-0.25, -0.2) is 0 Å². The van der Waals surface area contributed by atoms with Crippen LogP contribution in [0.3, 0.4) is 0 Å². The van der Waals surface area contributed by atoms with Crippen LogP contribution < -0.4 is 10.6 Å². The van der Waals surface area contributed by atoms with E-state index >= 15 is 0 Å². The average Bonchev–Trinajstić information content (AvgIpc) is 2.66. The molecule has 2 N–H and O–H groups in total. The standard InChI is InChI=1S/C12H19N3O/c1-4-9-10(11(16)8(2)3)15-7-5-6-13-12(15)14-9/h5,7-8,12-14H,4,6H2,1-3H3. The summed E-state index contributed by atoms with van der Waals surface area (Å²) in [7, 11) is 0. The first kappa shape index (κ1) is 11.2. The first-order valence-electron chi connectivity index (χ1n) is 5.87. The molecule has 0 saturated carbocycles. The predicted molar refractivity (Wildman–Crippen MR) is 63.1 cm³/mol. The Kier molecular flexibility index (Phi) is 3.01. The van der Waals surface area contributed by atoms with E-state index in [1.807, 2.05) is 31.0 Å². The summed E-state index contributed by atoms with van der Waals surface area (Å²) >= 11 is 0. The third-order valence-corrected chi connectivity index (χ3v) is 2.94. The number of allylic oxidation sites excluding steroid dienone is 2. The molecular weight excluding hydrogens is 202 g/mol. The lowest BCUT2D eigenvalue weighted by Crippen LogP contribution is -2.49. The molecule has 0 spiro atoms. The van der Waals surface area contributed by atoms with E-state index in [0.29, 0.717) is 0 Å². The molecule has 1 unspecified atom stereocenters. The van der Waals surface area contributed by atoms with Gasteiger partial charge in [-0.2, -0.15) is 0 Å². The van der Waals surface area contributed by atoms with Gasteiger partial charge in [0.15, 0.2) is 12.1 Å². The van der Waals surface area contributed by atoms with Crippen LogP contribution in [0.2, 0.25) is 0 Å². The van der Waals surface area contributed by atoms with Crippen molar-refractivity contribution in [2.24, 2.45) is 5.92 Å². The molecule has 2 aliphatic rings. The first-order valence-corrected chi connectivity index (χ1v) is 5.87. The monoisotopic (exact) mass is 221 g/mol. The summed E-state index contributed by atoms with van der Waals surface area (Å²) in [4.78, 5) is 14.2. The van der Waals surface area contributed by atoms with Crippen molar-refractivity contribution in [3.63, 3.8) is 0 Å². The second-order valence-electron chi connectivity index (χ2n) is 4.45. The Morgan fingerprint density at radius 3 is 3.00 bits per heavy atom. The van der Waals surface area contributed by atoms with E-state index in [1.54, 1.807) is 0 Å². The second-order valence-corrected chi connectivity index (χ2v) is 4.45. The fraction of sp³-hybridized carbons (Fsp3) is 0.583. The van der Waals surface area contributed by atoms with E-state index in [1.165, 1.54) is 0 Å². The second kappa shape index (κ2) is 4.29. The van der Waals surface area contributed by atoms with E-state index < -0.39 is 0 Å². The van der Waals surface area contributed by atoms with E-state index in [9.17, 15) is 4.79 Å². The summed E-state index contributed by atoms with van der Waals surface area (Å²) in [6.07, 6.45) is 4.94. The maximum Gasteiger partial charge on any atom is 0.183 e. The number of nitrogens with zero attached hydrogens (tertiary/aromatic N) is 1. The van der Waals surface area contributed by atoms with Gasteiger partial charge in [-0.05, 0) is 6.42 Å². The van der Waals surface area contributed by atoms with Crippen LogP contribution in [-0.2, 0) is 4.79 Å². The molecule has 0 amide bonds. The molecule has 0 aromatic heterocycles.